The summed E-state index contributed by atoms with van der Waals surface area (Å²) in [6.45, 7) is 3.91. The molecule has 2 N–H and O–H groups in total. The van der Waals surface area contributed by atoms with E-state index in [9.17, 15) is 0 Å². The third-order valence-electron chi connectivity index (χ3n) is 0.847. The SMILES string of the molecule is Cc1nc(C)nc(O)n1.O=[C-]O.[W]. The summed E-state index contributed by atoms with van der Waals surface area (Å²) in [7, 11) is 0. The fourth-order valence-corrected chi connectivity index (χ4v) is 0.599. The zero-order chi connectivity index (χ0) is 9.56. The van der Waals surface area contributed by atoms with E-state index >= 15 is 0 Å². The Balaban J connectivity index is 0. The van der Waals surface area contributed by atoms with E-state index in [1.165, 1.54) is 0 Å². The van der Waals surface area contributed by atoms with Gasteiger partial charge in [-0.1, -0.05) is 6.47 Å². The van der Waals surface area contributed by atoms with Gasteiger partial charge in [-0.2, -0.15) is 9.97 Å². The molecule has 0 saturated carbocycles. The van der Waals surface area contributed by atoms with Gasteiger partial charge in [-0.15, -0.1) is 0 Å². The molecule has 0 bridgehead atoms. The molecule has 0 aromatic carbocycles. The molecule has 6 nitrogen and oxygen atoms in total. The summed E-state index contributed by atoms with van der Waals surface area (Å²) in [5.41, 5.74) is 0. The van der Waals surface area contributed by atoms with Gasteiger partial charge in [-0.05, 0) is 13.8 Å². The number of aromatic hydroxyl groups is 1. The van der Waals surface area contributed by atoms with Gasteiger partial charge < -0.3 is 15.0 Å². The Bertz CT molecular complexity index is 219. The predicted octanol–water partition coefficient (Wildman–Crippen LogP) is -0.197. The molecule has 0 radical (unpaired) electrons. The molecule has 0 aliphatic carbocycles. The third-order valence-corrected chi connectivity index (χ3v) is 0.847. The van der Waals surface area contributed by atoms with Crippen LogP contribution < -0.4 is 0 Å². The Kier molecular flexibility index (Phi) is 8.48. The van der Waals surface area contributed by atoms with Crippen LogP contribution in [-0.4, -0.2) is 31.6 Å². The standard InChI is InChI=1S/C5H7N3O.CHO2.W/c1-3-6-4(2)8-5(9)7-3;2-1-3;/h1-2H3,(H,6,7,8,9);(H,2,3);/q;-1;. The number of aryl methyl sites for hydroxylation is 2. The maximum absolute atomic E-state index is 8.73. The van der Waals surface area contributed by atoms with Crippen LogP contribution in [0.5, 0.6) is 6.01 Å². The number of aliphatic hydroxyl groups excluding tert-OH is 1. The summed E-state index contributed by atoms with van der Waals surface area (Å²) in [5, 5.41) is 15.5. The van der Waals surface area contributed by atoms with Crippen molar-refractivity contribution < 1.29 is 36.1 Å². The zero-order valence-corrected chi connectivity index (χ0v) is 9.99. The van der Waals surface area contributed by atoms with Gasteiger partial charge in [0.1, 0.15) is 11.6 Å². The number of rotatable bonds is 0. The average Bonchev–Trinajstić information content (AvgIpc) is 1.84. The van der Waals surface area contributed by atoms with Crippen molar-refractivity contribution in [1.29, 1.82) is 0 Å². The minimum atomic E-state index is -0.208. The number of hydrogen-bond acceptors (Lipinski definition) is 5. The van der Waals surface area contributed by atoms with Gasteiger partial charge in [0.15, 0.2) is 0 Å². The molecule has 0 aliphatic heterocycles. The van der Waals surface area contributed by atoms with Crippen LogP contribution in [0.15, 0.2) is 0 Å². The molecule has 0 atom stereocenters. The van der Waals surface area contributed by atoms with E-state index in [0.29, 0.717) is 18.1 Å². The molecule has 7 heteroatoms. The first-order valence-corrected chi connectivity index (χ1v) is 2.99. The fraction of sp³-hybridized carbons (Fsp3) is 0.333. The summed E-state index contributed by atoms with van der Waals surface area (Å²) in [4.78, 5) is 19.2. The van der Waals surface area contributed by atoms with Crippen molar-refractivity contribution >= 4 is 6.47 Å². The van der Waals surface area contributed by atoms with E-state index in [0.717, 1.165) is 0 Å². The molecule has 13 heavy (non-hydrogen) atoms. The molecule has 0 spiro atoms. The molecule has 0 saturated heterocycles. The van der Waals surface area contributed by atoms with Crippen molar-refractivity contribution in [3.8, 4) is 6.01 Å². The molecule has 72 valence electrons. The van der Waals surface area contributed by atoms with Crippen LogP contribution in [0.25, 0.3) is 0 Å². The van der Waals surface area contributed by atoms with Crippen molar-refractivity contribution in [2.24, 2.45) is 0 Å². The fourth-order valence-electron chi connectivity index (χ4n) is 0.599. The van der Waals surface area contributed by atoms with Crippen molar-refractivity contribution in [1.82, 2.24) is 15.0 Å². The monoisotopic (exact) mass is 354 g/mol. The Morgan fingerprint density at radius 1 is 1.15 bits per heavy atom. The second-order valence-corrected chi connectivity index (χ2v) is 1.82. The Morgan fingerprint density at radius 2 is 1.46 bits per heavy atom. The third kappa shape index (κ3) is 7.33. The van der Waals surface area contributed by atoms with Crippen LogP contribution in [0.3, 0.4) is 0 Å². The maximum Gasteiger partial charge on any atom is 0.317 e. The molecule has 1 aromatic rings. The summed E-state index contributed by atoms with van der Waals surface area (Å²) >= 11 is 0. The molecule has 1 aromatic heterocycles. The van der Waals surface area contributed by atoms with E-state index < -0.39 is 0 Å². The largest absolute Gasteiger partial charge is 0.665 e. The van der Waals surface area contributed by atoms with Crippen molar-refractivity contribution in [3.63, 3.8) is 0 Å². The molecule has 0 unspecified atom stereocenters. The normalized spacial score (nSPS) is 7.54. The minimum Gasteiger partial charge on any atom is -0.665 e. The summed E-state index contributed by atoms with van der Waals surface area (Å²) < 4.78 is 0. The average molecular weight is 354 g/mol. The first kappa shape index (κ1) is 14.5. The van der Waals surface area contributed by atoms with Crippen LogP contribution >= 0.6 is 0 Å². The first-order valence-electron chi connectivity index (χ1n) is 2.99. The van der Waals surface area contributed by atoms with E-state index in [1.807, 2.05) is 0 Å². The Hall–Kier alpha value is -1.03. The number of nitrogens with zero attached hydrogens (tertiary/aromatic N) is 3. The Labute approximate surface area is 89.3 Å². The van der Waals surface area contributed by atoms with Crippen molar-refractivity contribution in [2.75, 3.05) is 0 Å². The topological polar surface area (TPSA) is 96.2 Å². The minimum absolute atomic E-state index is 0. The van der Waals surface area contributed by atoms with Crippen LogP contribution in [0.2, 0.25) is 0 Å². The van der Waals surface area contributed by atoms with Crippen LogP contribution in [-0.2, 0) is 25.9 Å². The van der Waals surface area contributed by atoms with Gasteiger partial charge in [-0.25, -0.2) is 4.98 Å². The summed E-state index contributed by atoms with van der Waals surface area (Å²) in [6.07, 6.45) is 0. The van der Waals surface area contributed by atoms with Gasteiger partial charge in [0, 0.05) is 21.1 Å². The van der Waals surface area contributed by atoms with Gasteiger partial charge >= 0.3 is 6.01 Å². The van der Waals surface area contributed by atoms with Gasteiger partial charge in [0.25, 0.3) is 0 Å². The summed E-state index contributed by atoms with van der Waals surface area (Å²) in [6, 6.07) is -0.208. The molecule has 1 rings (SSSR count). The number of hydrogen-bond donors (Lipinski definition) is 2. The molecular weight excluding hydrogens is 346 g/mol. The van der Waals surface area contributed by atoms with E-state index in [-0.39, 0.29) is 27.1 Å². The quantitative estimate of drug-likeness (QED) is 0.627. The molecule has 1 heterocycles. The summed E-state index contributed by atoms with van der Waals surface area (Å²) in [5.74, 6) is 1.08. The second-order valence-electron chi connectivity index (χ2n) is 1.82. The smallest absolute Gasteiger partial charge is 0.317 e. The van der Waals surface area contributed by atoms with Gasteiger partial charge in [0.05, 0.1) is 0 Å². The molecular formula is C6H8N3O3W-. The Morgan fingerprint density at radius 3 is 1.69 bits per heavy atom. The van der Waals surface area contributed by atoms with E-state index in [1.54, 1.807) is 13.8 Å². The van der Waals surface area contributed by atoms with Crippen LogP contribution in [0.4, 0.5) is 0 Å². The van der Waals surface area contributed by atoms with Crippen LogP contribution in [0.1, 0.15) is 11.6 Å². The predicted molar refractivity (Wildman–Crippen MR) is 39.3 cm³/mol. The molecule has 0 amide bonds. The van der Waals surface area contributed by atoms with Crippen molar-refractivity contribution in [2.45, 2.75) is 13.8 Å². The van der Waals surface area contributed by atoms with Crippen LogP contribution in [0, 0.1) is 13.8 Å². The molecule has 0 aliphatic rings. The zero-order valence-electron chi connectivity index (χ0n) is 7.05. The molecule has 0 fully saturated rings. The maximum atomic E-state index is 8.73. The van der Waals surface area contributed by atoms with Crippen molar-refractivity contribution in [3.05, 3.63) is 11.6 Å². The van der Waals surface area contributed by atoms with E-state index in [2.05, 4.69) is 15.0 Å². The number of aromatic nitrogens is 3. The van der Waals surface area contributed by atoms with Gasteiger partial charge in [0.2, 0.25) is 0 Å². The van der Waals surface area contributed by atoms with Gasteiger partial charge in [-0.3, -0.25) is 0 Å². The first-order chi connectivity index (χ1) is 5.60. The second kappa shape index (κ2) is 7.61. The van der Waals surface area contributed by atoms with E-state index in [4.69, 9.17) is 15.0 Å².